The van der Waals surface area contributed by atoms with Crippen molar-refractivity contribution in [3.05, 3.63) is 47.7 Å². The Bertz CT molecular complexity index is 438. The molecule has 1 aliphatic heterocycles. The standard InChI is InChI=1S/C15H18O2/c1-15(2,3)13-9-12(10-14(16)17-13)11-7-5-4-6-8-11/h4-9,12H,10H2,1-3H3. The fourth-order valence-electron chi connectivity index (χ4n) is 1.94. The van der Waals surface area contributed by atoms with Gasteiger partial charge in [0, 0.05) is 11.3 Å². The van der Waals surface area contributed by atoms with Gasteiger partial charge in [-0.2, -0.15) is 0 Å². The van der Waals surface area contributed by atoms with Gasteiger partial charge in [0.05, 0.1) is 6.42 Å². The zero-order valence-corrected chi connectivity index (χ0v) is 10.6. The molecule has 1 aliphatic rings. The van der Waals surface area contributed by atoms with Crippen LogP contribution in [0.1, 0.15) is 38.7 Å². The van der Waals surface area contributed by atoms with E-state index in [1.165, 1.54) is 5.56 Å². The van der Waals surface area contributed by atoms with Crippen molar-refractivity contribution in [2.24, 2.45) is 5.41 Å². The minimum Gasteiger partial charge on any atom is -0.431 e. The molecule has 0 saturated carbocycles. The number of hydrogen-bond acceptors (Lipinski definition) is 2. The van der Waals surface area contributed by atoms with Crippen LogP contribution in [-0.2, 0) is 9.53 Å². The minimum atomic E-state index is -0.133. The highest BCUT2D eigenvalue weighted by Gasteiger charge is 2.29. The smallest absolute Gasteiger partial charge is 0.311 e. The number of cyclic esters (lactones) is 1. The molecule has 90 valence electrons. The van der Waals surface area contributed by atoms with Gasteiger partial charge < -0.3 is 4.74 Å². The molecule has 0 spiro atoms. The molecule has 0 amide bonds. The predicted octanol–water partition coefficient (Wildman–Crippen LogP) is 3.65. The van der Waals surface area contributed by atoms with E-state index < -0.39 is 0 Å². The summed E-state index contributed by atoms with van der Waals surface area (Å²) in [5, 5.41) is 0. The predicted molar refractivity (Wildman–Crippen MR) is 67.4 cm³/mol. The summed E-state index contributed by atoms with van der Waals surface area (Å²) in [5.74, 6) is 0.792. The molecule has 0 bridgehead atoms. The Morgan fingerprint density at radius 2 is 1.82 bits per heavy atom. The van der Waals surface area contributed by atoms with Gasteiger partial charge in [-0.05, 0) is 11.6 Å². The number of esters is 1. The van der Waals surface area contributed by atoms with Crippen molar-refractivity contribution >= 4 is 5.97 Å². The van der Waals surface area contributed by atoms with Crippen molar-refractivity contribution in [3.63, 3.8) is 0 Å². The molecule has 2 nitrogen and oxygen atoms in total. The maximum atomic E-state index is 11.6. The molecule has 17 heavy (non-hydrogen) atoms. The Balaban J connectivity index is 2.33. The van der Waals surface area contributed by atoms with E-state index in [1.54, 1.807) is 0 Å². The van der Waals surface area contributed by atoms with E-state index in [9.17, 15) is 4.79 Å². The van der Waals surface area contributed by atoms with Crippen molar-refractivity contribution < 1.29 is 9.53 Å². The first kappa shape index (κ1) is 11.9. The number of benzene rings is 1. The molecule has 1 unspecified atom stereocenters. The van der Waals surface area contributed by atoms with Gasteiger partial charge in [0.15, 0.2) is 0 Å². The van der Waals surface area contributed by atoms with Crippen LogP contribution in [0.5, 0.6) is 0 Å². The van der Waals surface area contributed by atoms with Crippen molar-refractivity contribution in [1.29, 1.82) is 0 Å². The van der Waals surface area contributed by atoms with Crippen LogP contribution in [-0.4, -0.2) is 5.97 Å². The van der Waals surface area contributed by atoms with Gasteiger partial charge in [0.2, 0.25) is 0 Å². The average molecular weight is 230 g/mol. The molecular weight excluding hydrogens is 212 g/mol. The molecule has 0 fully saturated rings. The first-order valence-corrected chi connectivity index (χ1v) is 5.95. The van der Waals surface area contributed by atoms with Crippen molar-refractivity contribution in [2.45, 2.75) is 33.1 Å². The van der Waals surface area contributed by atoms with E-state index >= 15 is 0 Å². The molecule has 0 saturated heterocycles. The van der Waals surface area contributed by atoms with Crippen LogP contribution < -0.4 is 0 Å². The number of carbonyl (C=O) groups excluding carboxylic acids is 1. The molecular formula is C15H18O2. The zero-order valence-electron chi connectivity index (χ0n) is 10.6. The Hall–Kier alpha value is -1.57. The molecule has 1 heterocycles. The summed E-state index contributed by atoms with van der Waals surface area (Å²) in [6.07, 6.45) is 2.51. The van der Waals surface area contributed by atoms with Crippen molar-refractivity contribution in [3.8, 4) is 0 Å². The third-order valence-corrected chi connectivity index (χ3v) is 2.93. The van der Waals surface area contributed by atoms with Crippen LogP contribution in [0.15, 0.2) is 42.2 Å². The molecule has 0 N–H and O–H groups in total. The second-order valence-electron chi connectivity index (χ2n) is 5.48. The highest BCUT2D eigenvalue weighted by molar-refractivity contribution is 5.73. The number of carbonyl (C=O) groups is 1. The fraction of sp³-hybridized carbons (Fsp3) is 0.400. The quantitative estimate of drug-likeness (QED) is 0.688. The lowest BCUT2D eigenvalue weighted by Gasteiger charge is -2.28. The monoisotopic (exact) mass is 230 g/mol. The second-order valence-corrected chi connectivity index (χ2v) is 5.48. The van der Waals surface area contributed by atoms with Crippen LogP contribution in [0.3, 0.4) is 0 Å². The fourth-order valence-corrected chi connectivity index (χ4v) is 1.94. The van der Waals surface area contributed by atoms with E-state index in [0.29, 0.717) is 6.42 Å². The first-order valence-electron chi connectivity index (χ1n) is 5.95. The average Bonchev–Trinajstić information content (AvgIpc) is 2.28. The van der Waals surface area contributed by atoms with Crippen molar-refractivity contribution in [2.75, 3.05) is 0 Å². The third-order valence-electron chi connectivity index (χ3n) is 2.93. The minimum absolute atomic E-state index is 0.122. The maximum absolute atomic E-state index is 11.6. The second kappa shape index (κ2) is 4.36. The third kappa shape index (κ3) is 2.76. The molecule has 2 heteroatoms. The molecule has 0 aliphatic carbocycles. The van der Waals surface area contributed by atoms with Gasteiger partial charge in [0.25, 0.3) is 0 Å². The highest BCUT2D eigenvalue weighted by atomic mass is 16.5. The van der Waals surface area contributed by atoms with E-state index in [4.69, 9.17) is 4.74 Å². The van der Waals surface area contributed by atoms with E-state index in [0.717, 1.165) is 5.76 Å². The van der Waals surface area contributed by atoms with Crippen LogP contribution in [0, 0.1) is 5.41 Å². The molecule has 1 aromatic carbocycles. The maximum Gasteiger partial charge on any atom is 0.311 e. The summed E-state index contributed by atoms with van der Waals surface area (Å²) < 4.78 is 5.32. The summed E-state index contributed by atoms with van der Waals surface area (Å²) >= 11 is 0. The zero-order chi connectivity index (χ0) is 12.5. The van der Waals surface area contributed by atoms with E-state index in [1.807, 2.05) is 18.2 Å². The number of ether oxygens (including phenoxy) is 1. The molecule has 1 atom stereocenters. The Labute approximate surface area is 102 Å². The van der Waals surface area contributed by atoms with Gasteiger partial charge >= 0.3 is 5.97 Å². The van der Waals surface area contributed by atoms with E-state index in [2.05, 4.69) is 39.0 Å². The van der Waals surface area contributed by atoms with Gasteiger partial charge in [-0.25, -0.2) is 0 Å². The largest absolute Gasteiger partial charge is 0.431 e. The topological polar surface area (TPSA) is 26.3 Å². The SMILES string of the molecule is CC(C)(C)C1=CC(c2ccccc2)CC(=O)O1. The molecule has 0 radical (unpaired) electrons. The van der Waals surface area contributed by atoms with Crippen LogP contribution in [0.4, 0.5) is 0 Å². The number of hydrogen-bond donors (Lipinski definition) is 0. The summed E-state index contributed by atoms with van der Waals surface area (Å²) in [5.41, 5.74) is 1.05. The number of allylic oxidation sites excluding steroid dienone is 2. The molecule has 0 aromatic heterocycles. The Morgan fingerprint density at radius 1 is 1.18 bits per heavy atom. The van der Waals surface area contributed by atoms with Crippen LogP contribution >= 0.6 is 0 Å². The first-order chi connectivity index (χ1) is 7.97. The van der Waals surface area contributed by atoms with Crippen molar-refractivity contribution in [1.82, 2.24) is 0 Å². The van der Waals surface area contributed by atoms with Crippen LogP contribution in [0.25, 0.3) is 0 Å². The molecule has 1 aromatic rings. The summed E-state index contributed by atoms with van der Waals surface area (Å²) in [7, 11) is 0. The lowest BCUT2D eigenvalue weighted by molar-refractivity contribution is -0.142. The van der Waals surface area contributed by atoms with Gasteiger partial charge in [-0.3, -0.25) is 4.79 Å². The summed E-state index contributed by atoms with van der Waals surface area (Å²) in [6.45, 7) is 6.17. The van der Waals surface area contributed by atoms with E-state index in [-0.39, 0.29) is 17.3 Å². The van der Waals surface area contributed by atoms with Gasteiger partial charge in [-0.15, -0.1) is 0 Å². The van der Waals surface area contributed by atoms with Crippen LogP contribution in [0.2, 0.25) is 0 Å². The number of rotatable bonds is 1. The summed E-state index contributed by atoms with van der Waals surface area (Å²) in [4.78, 5) is 11.6. The lowest BCUT2D eigenvalue weighted by Crippen LogP contribution is -2.23. The summed E-state index contributed by atoms with van der Waals surface area (Å²) in [6, 6.07) is 10.1. The Kier molecular flexibility index (Phi) is 3.05. The van der Waals surface area contributed by atoms with Gasteiger partial charge in [0.1, 0.15) is 5.76 Å². The lowest BCUT2D eigenvalue weighted by atomic mass is 9.86. The normalized spacial score (nSPS) is 20.8. The Morgan fingerprint density at radius 3 is 2.41 bits per heavy atom. The van der Waals surface area contributed by atoms with Gasteiger partial charge in [-0.1, -0.05) is 51.1 Å². The highest BCUT2D eigenvalue weighted by Crippen LogP contribution is 2.35. The molecule has 2 rings (SSSR count).